The van der Waals surface area contributed by atoms with Crippen LogP contribution in [0.15, 0.2) is 57.4 Å². The molecule has 0 bridgehead atoms. The number of benzene rings is 2. The van der Waals surface area contributed by atoms with E-state index in [1.54, 1.807) is 78.4 Å². The highest BCUT2D eigenvalue weighted by Crippen LogP contribution is 2.46. The predicted octanol–water partition coefficient (Wildman–Crippen LogP) is 8.54. The molecule has 3 N–H and O–H groups in total. The lowest BCUT2D eigenvalue weighted by Gasteiger charge is -2.37. The van der Waals surface area contributed by atoms with E-state index in [1.807, 2.05) is 19.6 Å². The zero-order valence-corrected chi connectivity index (χ0v) is 39.4. The van der Waals surface area contributed by atoms with Crippen LogP contribution in [0.4, 0.5) is 11.4 Å². The van der Waals surface area contributed by atoms with Crippen LogP contribution in [0.5, 0.6) is 11.5 Å². The number of anilines is 2. The molecule has 2 aliphatic rings. The van der Waals surface area contributed by atoms with E-state index in [1.165, 1.54) is 34.8 Å². The molecule has 14 nitrogen and oxygen atoms in total. The van der Waals surface area contributed by atoms with E-state index in [4.69, 9.17) is 80.7 Å². The molecule has 0 unspecified atom stereocenters. The largest absolute Gasteiger partial charge is 0.504 e. The number of thiophene rings is 2. The lowest BCUT2D eigenvalue weighted by Crippen LogP contribution is -2.52. The van der Waals surface area contributed by atoms with Gasteiger partial charge in [0.25, 0.3) is 0 Å². The van der Waals surface area contributed by atoms with E-state index in [2.05, 4.69) is 10.2 Å². The van der Waals surface area contributed by atoms with Gasteiger partial charge in [-0.15, -0.1) is 22.7 Å². The molecule has 2 aliphatic heterocycles. The van der Waals surface area contributed by atoms with Gasteiger partial charge in [-0.2, -0.15) is 10.2 Å². The number of carboxylic acids is 1. The number of carboxylic acid groups (broad SMARTS) is 1. The van der Waals surface area contributed by atoms with Gasteiger partial charge in [0.05, 0.1) is 50.0 Å². The number of hydrogen-bond donors (Lipinski definition) is 3. The standard InChI is InChI=1S/C20H22Cl2N4O3S2.C19H20Cl2N4O3S2/c1-3-23-26(20(30)25-8-6-24(7-9-25)11-17(27)29-2)16-12-31-19(18(16)28)13-4-5-14(21)15(22)10-13;1-2-22-25(19(29)24-7-5-23(6-8-24)10-16(26)27)15-11-30-18(17(15)28)12-3-4-13(20)14(21)9-12/h3-5,10,12,28H,6-9,11H2,1-2H3;2-4,9,11,28H,5-8,10H2,1H3,(H,26,27). The minimum Gasteiger partial charge on any atom is -0.504 e. The smallest absolute Gasteiger partial charge is 0.319 e. The zero-order chi connectivity index (χ0) is 44.4. The van der Waals surface area contributed by atoms with Gasteiger partial charge in [-0.3, -0.25) is 19.4 Å². The van der Waals surface area contributed by atoms with Crippen LogP contribution in [0.25, 0.3) is 20.9 Å². The molecule has 6 rings (SSSR count). The van der Waals surface area contributed by atoms with Crippen molar-refractivity contribution in [3.8, 4) is 32.4 Å². The summed E-state index contributed by atoms with van der Waals surface area (Å²) in [4.78, 5) is 31.5. The van der Waals surface area contributed by atoms with Gasteiger partial charge in [0.15, 0.2) is 21.7 Å². The fourth-order valence-electron chi connectivity index (χ4n) is 6.23. The minimum absolute atomic E-state index is 0.00968. The van der Waals surface area contributed by atoms with Gasteiger partial charge in [0.2, 0.25) is 0 Å². The van der Waals surface area contributed by atoms with Crippen molar-refractivity contribution in [3.05, 3.63) is 67.2 Å². The highest BCUT2D eigenvalue weighted by Gasteiger charge is 2.29. The molecule has 4 aromatic rings. The van der Waals surface area contributed by atoms with Crippen LogP contribution in [-0.2, 0) is 14.3 Å². The number of carbonyl (C=O) groups is 2. The molecule has 2 fully saturated rings. The number of halogens is 4. The molecule has 2 aromatic heterocycles. The fraction of sp³-hybridized carbons (Fsp3) is 0.333. The first-order valence-corrected chi connectivity index (χ1v) is 22.7. The van der Waals surface area contributed by atoms with Crippen molar-refractivity contribution in [1.82, 2.24) is 19.6 Å². The molecule has 0 saturated carbocycles. The number of piperazine rings is 2. The maximum atomic E-state index is 11.5. The van der Waals surface area contributed by atoms with Gasteiger partial charge in [0, 0.05) is 75.5 Å². The molecule has 0 amide bonds. The Morgan fingerprint density at radius 2 is 1.10 bits per heavy atom. The Bertz CT molecular complexity index is 2280. The molecule has 4 heterocycles. The molecule has 0 atom stereocenters. The summed E-state index contributed by atoms with van der Waals surface area (Å²) in [5.41, 5.74) is 2.46. The normalized spacial score (nSPS) is 14.9. The van der Waals surface area contributed by atoms with Gasteiger partial charge in [-0.1, -0.05) is 58.5 Å². The highest BCUT2D eigenvalue weighted by atomic mass is 35.5. The van der Waals surface area contributed by atoms with Crippen molar-refractivity contribution in [2.24, 2.45) is 10.2 Å². The van der Waals surface area contributed by atoms with Crippen molar-refractivity contribution in [2.75, 3.05) is 82.6 Å². The van der Waals surface area contributed by atoms with Gasteiger partial charge in [-0.25, -0.2) is 10.0 Å². The van der Waals surface area contributed by atoms with E-state index in [-0.39, 0.29) is 30.6 Å². The third kappa shape index (κ3) is 12.2. The molecular weight excluding hydrogens is 947 g/mol. The van der Waals surface area contributed by atoms with Gasteiger partial charge in [0.1, 0.15) is 11.4 Å². The number of thiocarbonyl (C=S) groups is 2. The maximum absolute atomic E-state index is 11.5. The van der Waals surface area contributed by atoms with Crippen molar-refractivity contribution >= 4 is 139 Å². The summed E-state index contributed by atoms with van der Waals surface area (Å²) in [6, 6.07) is 10.4. The molecular formula is C39H42Cl4N8O6S4. The molecule has 61 heavy (non-hydrogen) atoms. The van der Waals surface area contributed by atoms with E-state index in [9.17, 15) is 19.8 Å². The Morgan fingerprint density at radius 1 is 0.705 bits per heavy atom. The number of aliphatic carboxylic acids is 1. The molecule has 22 heteroatoms. The topological polar surface area (TPSA) is 148 Å². The molecule has 0 radical (unpaired) electrons. The van der Waals surface area contributed by atoms with Crippen LogP contribution in [-0.4, -0.2) is 142 Å². The number of methoxy groups -OCH3 is 1. The first-order chi connectivity index (χ1) is 29.2. The minimum atomic E-state index is -0.846. The van der Waals surface area contributed by atoms with Gasteiger partial charge in [-0.05, 0) is 73.7 Å². The summed E-state index contributed by atoms with van der Waals surface area (Å²) in [6.45, 7) is 8.75. The molecule has 2 aromatic carbocycles. The third-order valence-corrected chi connectivity index (χ3v) is 13.7. The lowest BCUT2D eigenvalue weighted by atomic mass is 10.2. The molecule has 0 spiro atoms. The van der Waals surface area contributed by atoms with E-state index >= 15 is 0 Å². The summed E-state index contributed by atoms with van der Waals surface area (Å²) in [7, 11) is 1.38. The lowest BCUT2D eigenvalue weighted by molar-refractivity contribution is -0.142. The monoisotopic (exact) mass is 986 g/mol. The number of nitrogens with zero attached hydrogens (tertiary/aromatic N) is 8. The fourth-order valence-corrected chi connectivity index (χ4v) is 9.32. The van der Waals surface area contributed by atoms with Crippen molar-refractivity contribution in [3.63, 3.8) is 0 Å². The quantitative estimate of drug-likeness (QED) is 0.0603. The van der Waals surface area contributed by atoms with Crippen LogP contribution in [0.1, 0.15) is 13.8 Å². The summed E-state index contributed by atoms with van der Waals surface area (Å²) in [5.74, 6) is -0.982. The van der Waals surface area contributed by atoms with Crippen LogP contribution in [0, 0.1) is 0 Å². The number of hydrogen-bond acceptors (Lipinski definition) is 13. The molecule has 326 valence electrons. The molecule has 0 aliphatic carbocycles. The van der Waals surface area contributed by atoms with Crippen LogP contribution in [0.2, 0.25) is 20.1 Å². The predicted molar refractivity (Wildman–Crippen MR) is 257 cm³/mol. The number of ether oxygens (including phenoxy) is 1. The number of carbonyl (C=O) groups excluding carboxylic acids is 1. The number of rotatable bonds is 10. The van der Waals surface area contributed by atoms with Crippen LogP contribution in [0.3, 0.4) is 0 Å². The SMILES string of the molecule is CC=NN(C(=S)N1CCN(CC(=O)O)CC1)c1csc(-c2ccc(Cl)c(Cl)c2)c1O.CC=NN(C(=S)N1CCN(CC(=O)OC)CC1)c1csc(-c2ccc(Cl)c(Cl)c2)c1O. The number of hydrazone groups is 2. The average molecular weight is 989 g/mol. The Morgan fingerprint density at radius 3 is 1.44 bits per heavy atom. The van der Waals surface area contributed by atoms with Crippen LogP contribution >= 0.6 is 93.5 Å². The second-order valence-electron chi connectivity index (χ2n) is 13.3. The van der Waals surface area contributed by atoms with Crippen molar-refractivity contribution in [1.29, 1.82) is 0 Å². The Kier molecular flexibility index (Phi) is 17.8. The summed E-state index contributed by atoms with van der Waals surface area (Å²) >= 11 is 38.3. The Hall–Kier alpha value is -3.82. The zero-order valence-electron chi connectivity index (χ0n) is 33.1. The Balaban J connectivity index is 0.000000231. The first kappa shape index (κ1) is 48.2. The average Bonchev–Trinajstić information content (AvgIpc) is 3.82. The van der Waals surface area contributed by atoms with Crippen molar-refractivity contribution < 1.29 is 29.6 Å². The second kappa shape index (κ2) is 22.5. The van der Waals surface area contributed by atoms with E-state index in [0.717, 1.165) is 11.1 Å². The van der Waals surface area contributed by atoms with Gasteiger partial charge >= 0.3 is 11.9 Å². The molecule has 2 saturated heterocycles. The summed E-state index contributed by atoms with van der Waals surface area (Å²) in [5, 5.41) is 48.8. The summed E-state index contributed by atoms with van der Waals surface area (Å²) in [6.07, 6.45) is 3.22. The highest BCUT2D eigenvalue weighted by molar-refractivity contribution is 7.80. The third-order valence-electron chi connectivity index (χ3n) is 9.36. The number of esters is 1. The van der Waals surface area contributed by atoms with Crippen molar-refractivity contribution in [2.45, 2.75) is 13.8 Å². The second-order valence-corrected chi connectivity index (χ2v) is 17.4. The summed E-state index contributed by atoms with van der Waals surface area (Å²) < 4.78 is 4.73. The van der Waals surface area contributed by atoms with Crippen LogP contribution < -0.4 is 10.0 Å². The Labute approximate surface area is 392 Å². The first-order valence-electron chi connectivity index (χ1n) is 18.6. The number of aromatic hydroxyl groups is 2. The van der Waals surface area contributed by atoms with E-state index in [0.29, 0.717) is 104 Å². The maximum Gasteiger partial charge on any atom is 0.319 e. The van der Waals surface area contributed by atoms with E-state index < -0.39 is 5.97 Å². The van der Waals surface area contributed by atoms with Gasteiger partial charge < -0.3 is 29.9 Å².